The smallest absolute Gasteiger partial charge is 0.226 e. The van der Waals surface area contributed by atoms with Crippen LogP contribution in [0, 0.1) is 5.82 Å². The maximum absolute atomic E-state index is 13.1. The van der Waals surface area contributed by atoms with E-state index in [2.05, 4.69) is 10.2 Å². The van der Waals surface area contributed by atoms with E-state index in [4.69, 9.17) is 16.3 Å². The average molecular weight is 418 g/mol. The Bertz CT molecular complexity index is 862. The van der Waals surface area contributed by atoms with Crippen molar-refractivity contribution in [1.82, 2.24) is 9.80 Å². The van der Waals surface area contributed by atoms with E-state index in [-0.39, 0.29) is 17.8 Å². The fourth-order valence-electron chi connectivity index (χ4n) is 3.85. The second-order valence-corrected chi connectivity index (χ2v) is 8.04. The van der Waals surface area contributed by atoms with Gasteiger partial charge in [-0.1, -0.05) is 23.7 Å². The van der Waals surface area contributed by atoms with E-state index < -0.39 is 0 Å². The van der Waals surface area contributed by atoms with Crippen LogP contribution in [0.5, 0.6) is 5.75 Å². The first-order valence-electron chi connectivity index (χ1n) is 10.0. The van der Waals surface area contributed by atoms with Crippen LogP contribution in [0.3, 0.4) is 0 Å². The molecular weight excluding hydrogens is 393 g/mol. The number of ether oxygens (including phenoxy) is 1. The van der Waals surface area contributed by atoms with Gasteiger partial charge in [-0.15, -0.1) is 0 Å². The number of hydrogen-bond acceptors (Lipinski definition) is 4. The molecule has 1 saturated heterocycles. The highest BCUT2D eigenvalue weighted by molar-refractivity contribution is 6.30. The molecule has 0 saturated carbocycles. The predicted molar refractivity (Wildman–Crippen MR) is 112 cm³/mol. The van der Waals surface area contributed by atoms with Crippen LogP contribution in [-0.2, 0) is 11.3 Å². The summed E-state index contributed by atoms with van der Waals surface area (Å²) in [6.45, 7) is 4.56. The van der Waals surface area contributed by atoms with Gasteiger partial charge in [-0.25, -0.2) is 4.39 Å². The van der Waals surface area contributed by atoms with E-state index >= 15 is 0 Å². The molecule has 2 aromatic rings. The van der Waals surface area contributed by atoms with E-state index in [0.717, 1.165) is 49.6 Å². The summed E-state index contributed by atoms with van der Waals surface area (Å²) in [5.41, 5.74) is 1.96. The third kappa shape index (κ3) is 5.19. The number of fused-ring (bicyclic) bond motifs is 1. The van der Waals surface area contributed by atoms with Gasteiger partial charge in [0, 0.05) is 37.7 Å². The van der Waals surface area contributed by atoms with E-state index in [1.807, 2.05) is 29.2 Å². The van der Waals surface area contributed by atoms with Crippen molar-refractivity contribution in [2.75, 3.05) is 38.0 Å². The number of anilines is 1. The summed E-state index contributed by atoms with van der Waals surface area (Å²) in [7, 11) is 0. The molecule has 1 atom stereocenters. The van der Waals surface area contributed by atoms with Crippen molar-refractivity contribution >= 4 is 23.2 Å². The minimum absolute atomic E-state index is 0.123. The third-order valence-corrected chi connectivity index (χ3v) is 5.65. The Morgan fingerprint density at radius 2 is 1.97 bits per heavy atom. The normalized spacial score (nSPS) is 19.7. The Kier molecular flexibility index (Phi) is 6.21. The first kappa shape index (κ1) is 20.0. The van der Waals surface area contributed by atoms with E-state index in [9.17, 15) is 9.18 Å². The number of nitrogens with one attached hydrogen (secondary N) is 1. The Balaban J connectivity index is 1.28. The first-order chi connectivity index (χ1) is 14.1. The molecule has 2 aliphatic heterocycles. The largest absolute Gasteiger partial charge is 0.486 e. The summed E-state index contributed by atoms with van der Waals surface area (Å²) < 4.78 is 19.1. The quantitative estimate of drug-likeness (QED) is 0.822. The minimum atomic E-state index is -0.216. The van der Waals surface area contributed by atoms with Crippen LogP contribution in [-0.4, -0.2) is 54.5 Å². The van der Waals surface area contributed by atoms with Gasteiger partial charge in [0.05, 0.1) is 18.7 Å². The highest BCUT2D eigenvalue weighted by Crippen LogP contribution is 2.32. The molecule has 154 valence electrons. The number of benzene rings is 2. The Morgan fingerprint density at radius 1 is 1.14 bits per heavy atom. The van der Waals surface area contributed by atoms with E-state index in [1.54, 1.807) is 6.07 Å². The first-order valence-corrected chi connectivity index (χ1v) is 10.4. The lowest BCUT2D eigenvalue weighted by molar-refractivity contribution is -0.132. The predicted octanol–water partition coefficient (Wildman–Crippen LogP) is 3.78. The summed E-state index contributed by atoms with van der Waals surface area (Å²) in [5.74, 6) is 0.643. The SMILES string of the molecule is O=C(CC1CNc2cc(Cl)ccc2O1)N1CCCN(Cc2ccc(F)cc2)CC1. The molecule has 1 unspecified atom stereocenters. The zero-order valence-electron chi connectivity index (χ0n) is 16.2. The molecule has 1 N–H and O–H groups in total. The number of halogens is 2. The van der Waals surface area contributed by atoms with Crippen molar-refractivity contribution < 1.29 is 13.9 Å². The van der Waals surface area contributed by atoms with Crippen LogP contribution in [0.2, 0.25) is 5.02 Å². The molecule has 4 rings (SSSR count). The Hall–Kier alpha value is -2.31. The van der Waals surface area contributed by atoms with Crippen molar-refractivity contribution in [3.8, 4) is 5.75 Å². The standard InChI is InChI=1S/C22H25ClFN3O2/c23-17-4-7-21-20(12-17)25-14-19(29-21)13-22(28)27-9-1-8-26(10-11-27)15-16-2-5-18(24)6-3-16/h2-7,12,19,25H,1,8-11,13-15H2. The highest BCUT2D eigenvalue weighted by Gasteiger charge is 2.26. The van der Waals surface area contributed by atoms with Crippen molar-refractivity contribution in [1.29, 1.82) is 0 Å². The van der Waals surface area contributed by atoms with Crippen molar-refractivity contribution in [3.63, 3.8) is 0 Å². The van der Waals surface area contributed by atoms with Crippen molar-refractivity contribution in [2.24, 2.45) is 0 Å². The minimum Gasteiger partial charge on any atom is -0.486 e. The zero-order valence-corrected chi connectivity index (χ0v) is 17.0. The van der Waals surface area contributed by atoms with Gasteiger partial charge in [0.1, 0.15) is 17.7 Å². The maximum atomic E-state index is 13.1. The molecule has 1 fully saturated rings. The second-order valence-electron chi connectivity index (χ2n) is 7.60. The second kappa shape index (κ2) is 9.01. The van der Waals surface area contributed by atoms with Gasteiger partial charge in [-0.3, -0.25) is 9.69 Å². The van der Waals surface area contributed by atoms with Crippen LogP contribution in [0.1, 0.15) is 18.4 Å². The fourth-order valence-corrected chi connectivity index (χ4v) is 4.02. The number of carbonyl (C=O) groups excluding carboxylic acids is 1. The Labute approximate surface area is 175 Å². The zero-order chi connectivity index (χ0) is 20.2. The van der Waals surface area contributed by atoms with Gasteiger partial charge < -0.3 is 15.0 Å². The lowest BCUT2D eigenvalue weighted by Crippen LogP contribution is -2.40. The molecule has 5 nitrogen and oxygen atoms in total. The van der Waals surface area contributed by atoms with Crippen LogP contribution in [0.4, 0.5) is 10.1 Å². The van der Waals surface area contributed by atoms with Gasteiger partial charge >= 0.3 is 0 Å². The molecule has 29 heavy (non-hydrogen) atoms. The van der Waals surface area contributed by atoms with Crippen molar-refractivity contribution in [2.45, 2.75) is 25.5 Å². The number of carbonyl (C=O) groups is 1. The number of rotatable bonds is 4. The van der Waals surface area contributed by atoms with Crippen LogP contribution >= 0.6 is 11.6 Å². The molecule has 0 aliphatic carbocycles. The summed E-state index contributed by atoms with van der Waals surface area (Å²) >= 11 is 6.01. The monoisotopic (exact) mass is 417 g/mol. The highest BCUT2D eigenvalue weighted by atomic mass is 35.5. The number of hydrogen-bond donors (Lipinski definition) is 1. The van der Waals surface area contributed by atoms with Gasteiger partial charge in [0.25, 0.3) is 0 Å². The van der Waals surface area contributed by atoms with Gasteiger partial charge in [-0.2, -0.15) is 0 Å². The Morgan fingerprint density at radius 3 is 2.79 bits per heavy atom. The summed E-state index contributed by atoms with van der Waals surface area (Å²) in [6.07, 6.45) is 1.10. The topological polar surface area (TPSA) is 44.8 Å². The number of nitrogens with zero attached hydrogens (tertiary/aromatic N) is 2. The van der Waals surface area contributed by atoms with Crippen LogP contribution in [0.25, 0.3) is 0 Å². The van der Waals surface area contributed by atoms with Gasteiger partial charge in [0.15, 0.2) is 0 Å². The molecular formula is C22H25ClFN3O2. The van der Waals surface area contributed by atoms with Crippen LogP contribution < -0.4 is 10.1 Å². The molecule has 0 spiro atoms. The van der Waals surface area contributed by atoms with Gasteiger partial charge in [0.2, 0.25) is 5.91 Å². The van der Waals surface area contributed by atoms with E-state index in [0.29, 0.717) is 24.5 Å². The molecule has 2 aromatic carbocycles. The summed E-state index contributed by atoms with van der Waals surface area (Å²) in [4.78, 5) is 17.1. The van der Waals surface area contributed by atoms with Gasteiger partial charge in [-0.05, 0) is 42.3 Å². The summed E-state index contributed by atoms with van der Waals surface area (Å²) in [6, 6.07) is 12.1. The molecule has 1 amide bonds. The average Bonchev–Trinajstić information content (AvgIpc) is 2.95. The molecule has 2 aliphatic rings. The molecule has 2 heterocycles. The molecule has 0 radical (unpaired) electrons. The van der Waals surface area contributed by atoms with Crippen molar-refractivity contribution in [3.05, 3.63) is 58.9 Å². The van der Waals surface area contributed by atoms with E-state index in [1.165, 1.54) is 12.1 Å². The van der Waals surface area contributed by atoms with Crippen LogP contribution in [0.15, 0.2) is 42.5 Å². The third-order valence-electron chi connectivity index (χ3n) is 5.42. The molecule has 0 aromatic heterocycles. The molecule has 0 bridgehead atoms. The summed E-state index contributed by atoms with van der Waals surface area (Å²) in [5, 5.41) is 3.95. The number of amides is 1. The lowest BCUT2D eigenvalue weighted by atomic mass is 10.1. The molecule has 7 heteroatoms. The maximum Gasteiger partial charge on any atom is 0.226 e. The lowest BCUT2D eigenvalue weighted by Gasteiger charge is -2.29. The fraction of sp³-hybridized carbons (Fsp3) is 0.409.